The fourth-order valence-electron chi connectivity index (χ4n) is 3.64. The highest BCUT2D eigenvalue weighted by Gasteiger charge is 2.30. The molecule has 0 bridgehead atoms. The van der Waals surface area contributed by atoms with Crippen LogP contribution in [0.5, 0.6) is 0 Å². The number of hydrogen-bond donors (Lipinski definition) is 3. The Hall–Kier alpha value is -4.27. The van der Waals surface area contributed by atoms with Crippen LogP contribution in [0.1, 0.15) is 17.5 Å². The Balaban J connectivity index is 1.53. The smallest absolute Gasteiger partial charge is 0.382 e. The zero-order valence-electron chi connectivity index (χ0n) is 18.7. The molecule has 1 heterocycles. The summed E-state index contributed by atoms with van der Waals surface area (Å²) in [7, 11) is 0. The highest BCUT2D eigenvalue weighted by atomic mass is 19.4. The quantitative estimate of drug-likeness (QED) is 0.289. The van der Waals surface area contributed by atoms with Crippen molar-refractivity contribution in [3.8, 4) is 16.9 Å². The summed E-state index contributed by atoms with van der Waals surface area (Å²) >= 11 is 0. The molecule has 35 heavy (non-hydrogen) atoms. The Bertz CT molecular complexity index is 1270. The first-order valence-corrected chi connectivity index (χ1v) is 11.0. The molecule has 4 N–H and O–H groups in total. The Morgan fingerprint density at radius 3 is 2.17 bits per heavy atom. The van der Waals surface area contributed by atoms with Gasteiger partial charge in [-0.1, -0.05) is 60.7 Å². The summed E-state index contributed by atoms with van der Waals surface area (Å²) in [6.45, 7) is 0.453. The van der Waals surface area contributed by atoms with Crippen LogP contribution in [0.4, 0.5) is 29.5 Å². The average molecular weight is 480 g/mol. The Morgan fingerprint density at radius 1 is 0.914 bits per heavy atom. The second-order valence-corrected chi connectivity index (χ2v) is 7.90. The predicted octanol–water partition coefficient (Wildman–Crippen LogP) is 5.89. The molecule has 0 radical (unpaired) electrons. The van der Waals surface area contributed by atoms with E-state index in [4.69, 9.17) is 5.73 Å². The first kappa shape index (κ1) is 23.9. The van der Waals surface area contributed by atoms with Crippen LogP contribution in [0.2, 0.25) is 0 Å². The van der Waals surface area contributed by atoms with Gasteiger partial charge in [0, 0.05) is 12.1 Å². The van der Waals surface area contributed by atoms with Gasteiger partial charge in [0.15, 0.2) is 5.82 Å². The van der Waals surface area contributed by atoms with E-state index >= 15 is 0 Å². The first-order valence-electron chi connectivity index (χ1n) is 11.0. The van der Waals surface area contributed by atoms with Crippen LogP contribution in [0, 0.1) is 0 Å². The second-order valence-electron chi connectivity index (χ2n) is 7.90. The van der Waals surface area contributed by atoms with Gasteiger partial charge < -0.3 is 16.4 Å². The molecule has 0 fully saturated rings. The van der Waals surface area contributed by atoms with Gasteiger partial charge in [-0.25, -0.2) is 9.48 Å². The maximum absolute atomic E-state index is 13.0. The van der Waals surface area contributed by atoms with Crippen LogP contribution in [0.15, 0.2) is 84.9 Å². The van der Waals surface area contributed by atoms with Crippen molar-refractivity contribution in [3.63, 3.8) is 0 Å². The zero-order valence-corrected chi connectivity index (χ0v) is 18.7. The number of carbonyl (C=O) groups is 1. The molecule has 6 nitrogen and oxygen atoms in total. The molecule has 1 aromatic heterocycles. The van der Waals surface area contributed by atoms with Crippen LogP contribution in [-0.4, -0.2) is 22.4 Å². The summed E-state index contributed by atoms with van der Waals surface area (Å²) in [4.78, 5) is 12.6. The third-order valence-corrected chi connectivity index (χ3v) is 5.42. The number of amides is 2. The molecule has 4 aromatic rings. The van der Waals surface area contributed by atoms with Crippen molar-refractivity contribution < 1.29 is 18.0 Å². The number of halogens is 3. The van der Waals surface area contributed by atoms with E-state index < -0.39 is 17.8 Å². The maximum Gasteiger partial charge on any atom is 0.416 e. The van der Waals surface area contributed by atoms with E-state index in [1.165, 1.54) is 22.4 Å². The van der Waals surface area contributed by atoms with Crippen LogP contribution in [-0.2, 0) is 12.6 Å². The van der Waals surface area contributed by atoms with E-state index in [9.17, 15) is 18.0 Å². The second kappa shape index (κ2) is 10.3. The van der Waals surface area contributed by atoms with E-state index in [0.29, 0.717) is 23.5 Å². The minimum Gasteiger partial charge on any atom is -0.382 e. The van der Waals surface area contributed by atoms with Gasteiger partial charge >= 0.3 is 12.2 Å². The number of rotatable bonds is 7. The summed E-state index contributed by atoms with van der Waals surface area (Å²) in [6.07, 6.45) is -2.87. The van der Waals surface area contributed by atoms with Crippen LogP contribution in [0.3, 0.4) is 0 Å². The van der Waals surface area contributed by atoms with Crippen molar-refractivity contribution in [2.75, 3.05) is 17.6 Å². The minimum absolute atomic E-state index is 0.100. The summed E-state index contributed by atoms with van der Waals surface area (Å²) in [5.41, 5.74) is 8.44. The molecule has 9 heteroatoms. The Morgan fingerprint density at radius 2 is 1.54 bits per heavy atom. The third kappa shape index (κ3) is 5.81. The number of hydrogen-bond acceptors (Lipinski definition) is 3. The number of aryl methyl sites for hydroxylation is 1. The van der Waals surface area contributed by atoms with E-state index in [2.05, 4.69) is 15.7 Å². The molecule has 0 saturated carbocycles. The lowest BCUT2D eigenvalue weighted by Gasteiger charge is -2.10. The summed E-state index contributed by atoms with van der Waals surface area (Å²) in [5, 5.41) is 10.1. The number of nitrogen functional groups attached to an aromatic ring is 1. The third-order valence-electron chi connectivity index (χ3n) is 5.42. The normalized spacial score (nSPS) is 11.3. The van der Waals surface area contributed by atoms with E-state index in [1.54, 1.807) is 0 Å². The molecule has 0 aliphatic rings. The van der Waals surface area contributed by atoms with Gasteiger partial charge in [-0.15, -0.1) is 0 Å². The Labute approximate surface area is 200 Å². The average Bonchev–Trinajstić information content (AvgIpc) is 3.18. The number of alkyl halides is 3. The lowest BCUT2D eigenvalue weighted by molar-refractivity contribution is -0.137. The molecule has 2 amide bonds. The standard InChI is InChI=1S/C26H24F3N5O/c27-26(28,29)20-13-15-21(16-14-20)34-24(30)23(22(33-34)19-11-5-2-6-12-19)32-25(35)31-17-7-10-18-8-3-1-4-9-18/h1-6,8-9,11-16H,7,10,17,30H2,(H2,31,32,35). The van der Waals surface area contributed by atoms with Crippen molar-refractivity contribution in [2.45, 2.75) is 19.0 Å². The van der Waals surface area contributed by atoms with Crippen LogP contribution < -0.4 is 16.4 Å². The highest BCUT2D eigenvalue weighted by Crippen LogP contribution is 2.35. The fourth-order valence-corrected chi connectivity index (χ4v) is 3.64. The largest absolute Gasteiger partial charge is 0.416 e. The van der Waals surface area contributed by atoms with Crippen LogP contribution in [0.25, 0.3) is 16.9 Å². The number of benzene rings is 3. The topological polar surface area (TPSA) is 85.0 Å². The van der Waals surface area contributed by atoms with Crippen molar-refractivity contribution in [3.05, 3.63) is 96.1 Å². The van der Waals surface area contributed by atoms with Crippen LogP contribution >= 0.6 is 0 Å². The number of anilines is 2. The summed E-state index contributed by atoms with van der Waals surface area (Å²) < 4.78 is 40.2. The molecule has 3 aromatic carbocycles. The summed E-state index contributed by atoms with van der Waals surface area (Å²) in [6, 6.07) is 23.1. The first-order chi connectivity index (χ1) is 16.8. The number of nitrogens with zero attached hydrogens (tertiary/aromatic N) is 2. The van der Waals surface area contributed by atoms with Gasteiger partial charge in [0.25, 0.3) is 0 Å². The fraction of sp³-hybridized carbons (Fsp3) is 0.154. The zero-order chi connectivity index (χ0) is 24.8. The van der Waals surface area contributed by atoms with Gasteiger partial charge in [0.05, 0.1) is 11.3 Å². The van der Waals surface area contributed by atoms with Gasteiger partial charge in [-0.05, 0) is 42.7 Å². The minimum atomic E-state index is -4.45. The maximum atomic E-state index is 13.0. The Kier molecular flexibility index (Phi) is 7.05. The van der Waals surface area contributed by atoms with Crippen molar-refractivity contribution >= 4 is 17.5 Å². The van der Waals surface area contributed by atoms with Gasteiger partial charge in [-0.2, -0.15) is 18.3 Å². The van der Waals surface area contributed by atoms with Crippen molar-refractivity contribution in [1.82, 2.24) is 15.1 Å². The molecule has 0 spiro atoms. The summed E-state index contributed by atoms with van der Waals surface area (Å²) in [5.74, 6) is 0.100. The highest BCUT2D eigenvalue weighted by molar-refractivity contribution is 5.97. The number of urea groups is 1. The van der Waals surface area contributed by atoms with E-state index in [1.807, 2.05) is 60.7 Å². The lowest BCUT2D eigenvalue weighted by Crippen LogP contribution is -2.30. The van der Waals surface area contributed by atoms with Gasteiger partial charge in [-0.3, -0.25) is 0 Å². The molecule has 0 unspecified atom stereocenters. The van der Waals surface area contributed by atoms with Crippen molar-refractivity contribution in [2.24, 2.45) is 0 Å². The molecule has 0 saturated heterocycles. The number of carbonyl (C=O) groups excluding carboxylic acids is 1. The molecule has 0 aliphatic heterocycles. The predicted molar refractivity (Wildman–Crippen MR) is 130 cm³/mol. The lowest BCUT2D eigenvalue weighted by atomic mass is 10.1. The SMILES string of the molecule is Nc1c(NC(=O)NCCCc2ccccc2)c(-c2ccccc2)nn1-c1ccc(C(F)(F)F)cc1. The van der Waals surface area contributed by atoms with Crippen molar-refractivity contribution in [1.29, 1.82) is 0 Å². The number of aromatic nitrogens is 2. The molecule has 4 rings (SSSR count). The number of nitrogens with one attached hydrogen (secondary N) is 2. The van der Waals surface area contributed by atoms with Gasteiger partial charge in [0.1, 0.15) is 11.4 Å². The van der Waals surface area contributed by atoms with Gasteiger partial charge in [0.2, 0.25) is 0 Å². The molecular weight excluding hydrogens is 455 g/mol. The molecular formula is C26H24F3N5O. The molecule has 0 atom stereocenters. The monoisotopic (exact) mass is 479 g/mol. The molecule has 180 valence electrons. The molecule has 0 aliphatic carbocycles. The number of nitrogens with two attached hydrogens (primary N) is 1. The van der Waals surface area contributed by atoms with E-state index in [-0.39, 0.29) is 11.5 Å². The van der Waals surface area contributed by atoms with E-state index in [0.717, 1.165) is 25.0 Å².